The first kappa shape index (κ1) is 35.0. The maximum absolute atomic E-state index is 14.8. The van der Waals surface area contributed by atoms with Gasteiger partial charge < -0.3 is 18.9 Å². The highest BCUT2D eigenvalue weighted by Gasteiger charge is 2.29. The molecular formula is C33H38F4N2O6. The third-order valence-electron chi connectivity index (χ3n) is 6.54. The van der Waals surface area contributed by atoms with Crippen LogP contribution in [0.2, 0.25) is 0 Å². The quantitative estimate of drug-likeness (QED) is 0.0872. The van der Waals surface area contributed by atoms with Gasteiger partial charge >= 0.3 is 12.2 Å². The lowest BCUT2D eigenvalue weighted by Gasteiger charge is -2.14. The number of halogens is 4. The number of carbonyl (C=O) groups excluding carboxylic acids is 2. The van der Waals surface area contributed by atoms with Crippen LogP contribution in [-0.4, -0.2) is 25.4 Å². The van der Waals surface area contributed by atoms with Gasteiger partial charge in [0.05, 0.1) is 13.2 Å². The maximum Gasteiger partial charge on any atom is 0.411 e. The molecule has 3 aromatic rings. The van der Waals surface area contributed by atoms with Gasteiger partial charge in [-0.2, -0.15) is 17.6 Å². The summed E-state index contributed by atoms with van der Waals surface area (Å²) in [7, 11) is 0. The Labute approximate surface area is 260 Å². The average Bonchev–Trinajstić information content (AvgIpc) is 3.03. The number of rotatable bonds is 17. The van der Waals surface area contributed by atoms with E-state index in [1.807, 2.05) is 0 Å². The van der Waals surface area contributed by atoms with Gasteiger partial charge in [0.15, 0.2) is 0 Å². The van der Waals surface area contributed by atoms with E-state index in [9.17, 15) is 27.2 Å². The first-order valence-electron chi connectivity index (χ1n) is 15.0. The van der Waals surface area contributed by atoms with Gasteiger partial charge in [-0.05, 0) is 61.4 Å². The highest BCUT2D eigenvalue weighted by molar-refractivity contribution is 5.85. The number of nitrogens with one attached hydrogen (secondary N) is 2. The van der Waals surface area contributed by atoms with Crippen molar-refractivity contribution in [1.82, 2.24) is 0 Å². The van der Waals surface area contributed by atoms with Crippen molar-refractivity contribution in [2.45, 2.75) is 71.6 Å². The van der Waals surface area contributed by atoms with Crippen molar-refractivity contribution >= 4 is 23.6 Å². The van der Waals surface area contributed by atoms with E-state index in [-0.39, 0.29) is 24.7 Å². The predicted octanol–water partition coefficient (Wildman–Crippen LogP) is 10.5. The third-order valence-corrected chi connectivity index (χ3v) is 6.54. The van der Waals surface area contributed by atoms with Crippen molar-refractivity contribution in [3.63, 3.8) is 0 Å². The van der Waals surface area contributed by atoms with E-state index >= 15 is 0 Å². The predicted molar refractivity (Wildman–Crippen MR) is 162 cm³/mol. The van der Waals surface area contributed by atoms with Gasteiger partial charge in [0, 0.05) is 11.4 Å². The zero-order valence-corrected chi connectivity index (χ0v) is 25.4. The molecule has 0 aliphatic rings. The van der Waals surface area contributed by atoms with Crippen LogP contribution in [0.15, 0.2) is 48.5 Å². The Balaban J connectivity index is 1.57. The molecule has 3 aromatic carbocycles. The van der Waals surface area contributed by atoms with Crippen molar-refractivity contribution in [2.24, 2.45) is 0 Å². The van der Waals surface area contributed by atoms with E-state index in [0.717, 1.165) is 57.8 Å². The van der Waals surface area contributed by atoms with Crippen molar-refractivity contribution in [1.29, 1.82) is 0 Å². The summed E-state index contributed by atoms with van der Waals surface area (Å²) in [5.41, 5.74) is 0.611. The monoisotopic (exact) mass is 634 g/mol. The molecule has 0 spiro atoms. The Morgan fingerprint density at radius 2 is 0.867 bits per heavy atom. The molecule has 2 amide bonds. The number of hydrogen-bond acceptors (Lipinski definition) is 6. The molecule has 0 aliphatic heterocycles. The van der Waals surface area contributed by atoms with Crippen LogP contribution in [-0.2, 0) is 9.47 Å². The van der Waals surface area contributed by atoms with Crippen molar-refractivity contribution in [3.05, 3.63) is 71.8 Å². The number of ether oxygens (including phenoxy) is 4. The number of benzene rings is 3. The zero-order chi connectivity index (χ0) is 32.6. The minimum atomic E-state index is -1.81. The van der Waals surface area contributed by atoms with Crippen molar-refractivity contribution in [2.75, 3.05) is 23.8 Å². The van der Waals surface area contributed by atoms with E-state index in [0.29, 0.717) is 11.4 Å². The molecule has 2 N–H and O–H groups in total. The fourth-order valence-electron chi connectivity index (χ4n) is 4.09. The highest BCUT2D eigenvalue weighted by Crippen LogP contribution is 2.39. The molecule has 0 unspecified atom stereocenters. The molecule has 3 rings (SSSR count). The van der Waals surface area contributed by atoms with E-state index in [1.165, 1.54) is 48.5 Å². The fourth-order valence-corrected chi connectivity index (χ4v) is 4.09. The molecule has 0 saturated heterocycles. The highest BCUT2D eigenvalue weighted by atomic mass is 19.2. The summed E-state index contributed by atoms with van der Waals surface area (Å²) in [5.74, 6) is -10.2. The van der Waals surface area contributed by atoms with Gasteiger partial charge in [-0.3, -0.25) is 10.6 Å². The van der Waals surface area contributed by atoms with Crippen molar-refractivity contribution in [3.8, 4) is 23.0 Å². The van der Waals surface area contributed by atoms with Gasteiger partial charge in [-0.25, -0.2) is 9.59 Å². The summed E-state index contributed by atoms with van der Waals surface area (Å²) in [5, 5.41) is 5.00. The lowest BCUT2D eigenvalue weighted by molar-refractivity contribution is 0.158. The van der Waals surface area contributed by atoms with E-state index < -0.39 is 47.0 Å². The normalized spacial score (nSPS) is 10.7. The Morgan fingerprint density at radius 3 is 1.22 bits per heavy atom. The fraction of sp³-hybridized carbons (Fsp3) is 0.394. The number of anilines is 2. The summed E-state index contributed by atoms with van der Waals surface area (Å²) in [6.07, 6.45) is 7.45. The molecule has 244 valence electrons. The Hall–Kier alpha value is -4.48. The van der Waals surface area contributed by atoms with E-state index in [1.54, 1.807) is 0 Å². The van der Waals surface area contributed by atoms with Gasteiger partial charge in [-0.15, -0.1) is 0 Å². The minimum Gasteiger partial charge on any atom is -0.451 e. The standard InChI is InChI=1S/C33H38F4N2O6/c1-3-5-7-9-11-21-43-33(41)39-23-14-18-25(19-15-23)45-31-28(36)26(34)30(27(35)29(31)37)44-24-16-12-22(13-17-24)38-32(40)42-20-10-8-6-4-2/h12-19H,3-11,20-21H2,1-2H3,(H,38,40)(H,39,41). The van der Waals surface area contributed by atoms with Crippen LogP contribution in [0.1, 0.15) is 71.6 Å². The molecule has 0 aliphatic carbocycles. The number of hydrogen-bond donors (Lipinski definition) is 2. The van der Waals surface area contributed by atoms with Gasteiger partial charge in [0.1, 0.15) is 11.5 Å². The zero-order valence-electron chi connectivity index (χ0n) is 25.4. The largest absolute Gasteiger partial charge is 0.451 e. The molecule has 0 heterocycles. The Morgan fingerprint density at radius 1 is 0.533 bits per heavy atom. The average molecular weight is 635 g/mol. The number of unbranched alkanes of at least 4 members (excludes halogenated alkanes) is 7. The van der Waals surface area contributed by atoms with E-state index in [4.69, 9.17) is 18.9 Å². The molecule has 0 bridgehead atoms. The number of amides is 2. The molecule has 12 heteroatoms. The molecule has 0 fully saturated rings. The van der Waals surface area contributed by atoms with Gasteiger partial charge in [-0.1, -0.05) is 58.8 Å². The van der Waals surface area contributed by atoms with Crippen LogP contribution in [0.25, 0.3) is 0 Å². The van der Waals surface area contributed by atoms with Crippen LogP contribution in [0, 0.1) is 23.3 Å². The summed E-state index contributed by atoms with van der Waals surface area (Å²) in [6.45, 7) is 4.71. The second kappa shape index (κ2) is 18.4. The molecule has 0 atom stereocenters. The molecule has 0 radical (unpaired) electrons. The van der Waals surface area contributed by atoms with Gasteiger partial charge in [0.2, 0.25) is 34.8 Å². The summed E-state index contributed by atoms with van der Waals surface area (Å²) in [6, 6.07) is 10.4. The number of carbonyl (C=O) groups is 2. The lowest BCUT2D eigenvalue weighted by Crippen LogP contribution is -2.14. The molecule has 8 nitrogen and oxygen atoms in total. The van der Waals surface area contributed by atoms with E-state index in [2.05, 4.69) is 24.5 Å². The topological polar surface area (TPSA) is 95.1 Å². The first-order valence-corrected chi connectivity index (χ1v) is 15.0. The summed E-state index contributed by atoms with van der Waals surface area (Å²) >= 11 is 0. The van der Waals surface area contributed by atoms with Crippen LogP contribution >= 0.6 is 0 Å². The molecule has 0 saturated carbocycles. The summed E-state index contributed by atoms with van der Waals surface area (Å²) < 4.78 is 79.6. The smallest absolute Gasteiger partial charge is 0.411 e. The lowest BCUT2D eigenvalue weighted by atomic mass is 10.2. The molecule has 0 aromatic heterocycles. The Kier molecular flexibility index (Phi) is 14.3. The van der Waals surface area contributed by atoms with Crippen molar-refractivity contribution < 1.29 is 46.1 Å². The third kappa shape index (κ3) is 11.2. The van der Waals surface area contributed by atoms with Crippen LogP contribution < -0.4 is 20.1 Å². The van der Waals surface area contributed by atoms with Gasteiger partial charge in [0.25, 0.3) is 0 Å². The molecular weight excluding hydrogens is 596 g/mol. The second-order valence-electron chi connectivity index (χ2n) is 10.2. The van der Waals surface area contributed by atoms with Crippen LogP contribution in [0.4, 0.5) is 38.5 Å². The van der Waals surface area contributed by atoms with Crippen LogP contribution in [0.3, 0.4) is 0 Å². The Bertz CT molecular complexity index is 1360. The second-order valence-corrected chi connectivity index (χ2v) is 10.2. The summed E-state index contributed by atoms with van der Waals surface area (Å²) in [4.78, 5) is 23.8. The maximum atomic E-state index is 14.8. The first-order chi connectivity index (χ1) is 21.7. The minimum absolute atomic E-state index is 0.155. The SMILES string of the molecule is CCCCCCCOC(=O)Nc1ccc(Oc2c(F)c(F)c(Oc3ccc(NC(=O)OCCCCCC)cc3)c(F)c2F)cc1. The molecule has 45 heavy (non-hydrogen) atoms. The van der Waals surface area contributed by atoms with Crippen LogP contribution in [0.5, 0.6) is 23.0 Å².